The Morgan fingerprint density at radius 1 is 0.365 bits per heavy atom. The summed E-state index contributed by atoms with van der Waals surface area (Å²) in [5.41, 5.74) is 16.9. The van der Waals surface area contributed by atoms with Crippen LogP contribution >= 0.6 is 0 Å². The fourth-order valence-electron chi connectivity index (χ4n) is 9.44. The molecule has 0 radical (unpaired) electrons. The van der Waals surface area contributed by atoms with Gasteiger partial charge in [0.05, 0.1) is 22.3 Å². The van der Waals surface area contributed by atoms with Gasteiger partial charge >= 0.3 is 0 Å². The molecule has 0 N–H and O–H groups in total. The Morgan fingerprint density at radius 2 is 0.923 bits per heavy atom. The van der Waals surface area contributed by atoms with E-state index in [1.54, 1.807) is 0 Å². The van der Waals surface area contributed by atoms with Gasteiger partial charge in [0.15, 0.2) is 11.3 Å². The molecule has 1 spiro atoms. The van der Waals surface area contributed by atoms with E-state index in [9.17, 15) is 0 Å². The van der Waals surface area contributed by atoms with E-state index in [2.05, 4.69) is 168 Å². The molecule has 0 saturated heterocycles. The number of nitrogens with zero attached hydrogens (tertiary/aromatic N) is 4. The van der Waals surface area contributed by atoms with E-state index < -0.39 is 5.41 Å². The number of fused-ring (bicyclic) bond motifs is 18. The number of hydrogen-bond donors (Lipinski definition) is 0. The first-order chi connectivity index (χ1) is 25.8. The van der Waals surface area contributed by atoms with Gasteiger partial charge in [-0.2, -0.15) is 0 Å². The maximum atomic E-state index is 5.66. The predicted octanol–water partition coefficient (Wildman–Crippen LogP) is 11.3. The minimum atomic E-state index is -0.446. The number of pyridine rings is 1. The van der Waals surface area contributed by atoms with Crippen LogP contribution in [0.5, 0.6) is 0 Å². The van der Waals surface area contributed by atoms with Crippen LogP contribution < -0.4 is 0 Å². The van der Waals surface area contributed by atoms with Gasteiger partial charge in [-0.15, -0.1) is 0 Å². The average Bonchev–Trinajstić information content (AvgIpc) is 3.85. The third-order valence-corrected chi connectivity index (χ3v) is 11.4. The summed E-state index contributed by atoms with van der Waals surface area (Å²) in [6.45, 7) is 0. The fourth-order valence-corrected chi connectivity index (χ4v) is 9.44. The third-order valence-electron chi connectivity index (χ3n) is 11.4. The normalized spacial score (nSPS) is 13.5. The molecule has 0 unspecified atom stereocenters. The highest BCUT2D eigenvalue weighted by molar-refractivity contribution is 6.13. The van der Waals surface area contributed by atoms with Crippen molar-refractivity contribution in [3.8, 4) is 44.8 Å². The van der Waals surface area contributed by atoms with Crippen LogP contribution in [0.25, 0.3) is 83.4 Å². The molecule has 0 aliphatic heterocycles. The zero-order chi connectivity index (χ0) is 34.0. The zero-order valence-corrected chi connectivity index (χ0v) is 28.0. The molecule has 2 aliphatic rings. The van der Waals surface area contributed by atoms with Crippen molar-refractivity contribution in [3.05, 3.63) is 192 Å². The highest BCUT2D eigenvalue weighted by atomic mass is 15.1. The average molecular weight is 661 g/mol. The molecule has 0 atom stereocenters. The number of aromatic nitrogens is 4. The van der Waals surface area contributed by atoms with Crippen molar-refractivity contribution in [2.45, 2.75) is 5.41 Å². The number of imidazole rings is 1. The first kappa shape index (κ1) is 27.9. The largest absolute Gasteiger partial charge is 0.275 e. The second-order valence-corrected chi connectivity index (χ2v) is 13.9. The van der Waals surface area contributed by atoms with E-state index in [4.69, 9.17) is 15.0 Å². The molecule has 3 aromatic heterocycles. The van der Waals surface area contributed by atoms with Crippen molar-refractivity contribution in [3.63, 3.8) is 0 Å². The molecule has 4 heteroatoms. The van der Waals surface area contributed by atoms with Crippen LogP contribution in [-0.4, -0.2) is 19.4 Å². The van der Waals surface area contributed by atoms with E-state index in [1.807, 2.05) is 6.07 Å². The van der Waals surface area contributed by atoms with Crippen molar-refractivity contribution in [1.29, 1.82) is 0 Å². The summed E-state index contributed by atoms with van der Waals surface area (Å²) in [5, 5.41) is 3.42. The standard InChI is InChI=1S/C48H28N4/c1-2-15-29(16-3-1)43-44(50-47-45(49-43)51-46-34-21-5-4-17-30(34)33-20-9-13-28-41(33)52(46)47)36-23-14-27-40-42(36)35-22-8-12-26-39(35)48(40)37-24-10-6-18-31(37)32-19-7-11-25-38(32)48/h1-28H. The minimum Gasteiger partial charge on any atom is -0.275 e. The summed E-state index contributed by atoms with van der Waals surface area (Å²) in [7, 11) is 0. The lowest BCUT2D eigenvalue weighted by Crippen LogP contribution is -2.25. The molecule has 0 fully saturated rings. The first-order valence-electron chi connectivity index (χ1n) is 17.8. The molecular formula is C48H28N4. The highest BCUT2D eigenvalue weighted by Crippen LogP contribution is 2.64. The molecule has 52 heavy (non-hydrogen) atoms. The number of hydrogen-bond acceptors (Lipinski definition) is 3. The quantitative estimate of drug-likeness (QED) is 0.173. The molecule has 2 aliphatic carbocycles. The van der Waals surface area contributed by atoms with Crippen LogP contribution in [0, 0.1) is 0 Å². The SMILES string of the molecule is c1ccc(-c2nc3nc4c5ccccc5c5ccccc5n4c3nc2-c2cccc3c2-c2ccccc2C32c3ccccc3-c3ccccc32)cc1. The van der Waals surface area contributed by atoms with Crippen LogP contribution in [-0.2, 0) is 5.41 Å². The second-order valence-electron chi connectivity index (χ2n) is 13.9. The van der Waals surface area contributed by atoms with Crippen LogP contribution in [0.3, 0.4) is 0 Å². The lowest BCUT2D eigenvalue weighted by molar-refractivity contribution is 0.794. The van der Waals surface area contributed by atoms with E-state index in [-0.39, 0.29) is 0 Å². The van der Waals surface area contributed by atoms with Crippen LogP contribution in [0.4, 0.5) is 0 Å². The summed E-state index contributed by atoms with van der Waals surface area (Å²) < 4.78 is 2.21. The Kier molecular flexibility index (Phi) is 5.40. The van der Waals surface area contributed by atoms with Gasteiger partial charge in [-0.25, -0.2) is 15.0 Å². The molecule has 0 bridgehead atoms. The Morgan fingerprint density at radius 3 is 1.67 bits per heavy atom. The van der Waals surface area contributed by atoms with Gasteiger partial charge in [0.1, 0.15) is 5.65 Å². The molecule has 240 valence electrons. The molecule has 3 heterocycles. The van der Waals surface area contributed by atoms with E-state index in [1.165, 1.54) is 49.9 Å². The van der Waals surface area contributed by atoms with Gasteiger partial charge in [0.2, 0.25) is 0 Å². The maximum Gasteiger partial charge on any atom is 0.199 e. The fraction of sp³-hybridized carbons (Fsp3) is 0.0208. The Hall–Kier alpha value is -6.91. The van der Waals surface area contributed by atoms with Crippen molar-refractivity contribution < 1.29 is 0 Å². The number of para-hydroxylation sites is 1. The zero-order valence-electron chi connectivity index (χ0n) is 28.0. The predicted molar refractivity (Wildman–Crippen MR) is 210 cm³/mol. The molecule has 10 aromatic rings. The maximum absolute atomic E-state index is 5.66. The molecule has 7 aromatic carbocycles. The van der Waals surface area contributed by atoms with Gasteiger partial charge in [-0.3, -0.25) is 4.40 Å². The second kappa shape index (κ2) is 10.1. The summed E-state index contributed by atoms with van der Waals surface area (Å²) >= 11 is 0. The monoisotopic (exact) mass is 660 g/mol. The minimum absolute atomic E-state index is 0.446. The van der Waals surface area contributed by atoms with Gasteiger partial charge in [-0.1, -0.05) is 164 Å². The van der Waals surface area contributed by atoms with E-state index in [0.29, 0.717) is 5.65 Å². The molecule has 0 amide bonds. The molecular weight excluding hydrogens is 633 g/mol. The van der Waals surface area contributed by atoms with Gasteiger partial charge in [-0.05, 0) is 56.0 Å². The Labute approximate surface area is 299 Å². The van der Waals surface area contributed by atoms with Crippen molar-refractivity contribution in [1.82, 2.24) is 19.4 Å². The van der Waals surface area contributed by atoms with Crippen LogP contribution in [0.1, 0.15) is 22.3 Å². The van der Waals surface area contributed by atoms with E-state index in [0.717, 1.165) is 50.1 Å². The summed E-state index contributed by atoms with van der Waals surface area (Å²) in [6.07, 6.45) is 0. The summed E-state index contributed by atoms with van der Waals surface area (Å²) in [4.78, 5) is 16.3. The lowest BCUT2D eigenvalue weighted by atomic mass is 9.70. The molecule has 4 nitrogen and oxygen atoms in total. The van der Waals surface area contributed by atoms with Gasteiger partial charge in [0.25, 0.3) is 0 Å². The summed E-state index contributed by atoms with van der Waals surface area (Å²) in [6, 6.07) is 61.1. The molecule has 12 rings (SSSR count). The van der Waals surface area contributed by atoms with Crippen molar-refractivity contribution in [2.75, 3.05) is 0 Å². The Balaban J connectivity index is 1.24. The first-order valence-corrected chi connectivity index (χ1v) is 17.8. The van der Waals surface area contributed by atoms with Crippen LogP contribution in [0.15, 0.2) is 170 Å². The topological polar surface area (TPSA) is 43.1 Å². The van der Waals surface area contributed by atoms with Crippen molar-refractivity contribution in [2.24, 2.45) is 0 Å². The van der Waals surface area contributed by atoms with Crippen molar-refractivity contribution >= 4 is 38.6 Å². The van der Waals surface area contributed by atoms with Gasteiger partial charge < -0.3 is 0 Å². The summed E-state index contributed by atoms with van der Waals surface area (Å²) in [5.74, 6) is 0. The highest BCUT2D eigenvalue weighted by Gasteiger charge is 2.52. The third kappa shape index (κ3) is 3.39. The molecule has 0 saturated carbocycles. The smallest absolute Gasteiger partial charge is 0.199 e. The lowest BCUT2D eigenvalue weighted by Gasteiger charge is -2.30. The number of rotatable bonds is 2. The Bertz CT molecular complexity index is 3090. The number of benzene rings is 7. The van der Waals surface area contributed by atoms with Gasteiger partial charge in [0, 0.05) is 21.9 Å². The van der Waals surface area contributed by atoms with Crippen LogP contribution in [0.2, 0.25) is 0 Å². The van der Waals surface area contributed by atoms with E-state index >= 15 is 0 Å².